The predicted octanol–water partition coefficient (Wildman–Crippen LogP) is 3.98. The molecule has 2 atom stereocenters. The van der Waals surface area contributed by atoms with Gasteiger partial charge in [0.15, 0.2) is 6.29 Å². The van der Waals surface area contributed by atoms with E-state index in [1.807, 2.05) is 0 Å². The van der Waals surface area contributed by atoms with Gasteiger partial charge in [0.1, 0.15) is 0 Å². The summed E-state index contributed by atoms with van der Waals surface area (Å²) in [6.45, 7) is 0.850. The Balaban J connectivity index is 1.72. The van der Waals surface area contributed by atoms with Crippen LogP contribution in [0.5, 0.6) is 0 Å². The minimum atomic E-state index is 0.0127. The van der Waals surface area contributed by atoms with Gasteiger partial charge in [0, 0.05) is 11.1 Å². The Morgan fingerprint density at radius 2 is 2.18 bits per heavy atom. The molecule has 0 spiro atoms. The standard InChI is InChI=1S/C14H17BrO2/c15-12-5-3-4-11-10(12)7-8-13(11)17-14-6-1-2-9-16-14/h3-5,13-14H,1-2,6-9H2. The van der Waals surface area contributed by atoms with Crippen LogP contribution in [0.3, 0.4) is 0 Å². The fraction of sp³-hybridized carbons (Fsp3) is 0.571. The lowest BCUT2D eigenvalue weighted by Crippen LogP contribution is -2.23. The van der Waals surface area contributed by atoms with Gasteiger partial charge >= 0.3 is 0 Å². The number of benzene rings is 1. The van der Waals surface area contributed by atoms with Crippen LogP contribution in [-0.4, -0.2) is 12.9 Å². The van der Waals surface area contributed by atoms with Gasteiger partial charge in [-0.3, -0.25) is 0 Å². The summed E-state index contributed by atoms with van der Waals surface area (Å²) in [5.41, 5.74) is 2.75. The highest BCUT2D eigenvalue weighted by atomic mass is 79.9. The minimum absolute atomic E-state index is 0.0127. The molecule has 2 nitrogen and oxygen atoms in total. The van der Waals surface area contributed by atoms with E-state index in [1.54, 1.807) is 0 Å². The molecule has 2 unspecified atom stereocenters. The maximum atomic E-state index is 6.09. The van der Waals surface area contributed by atoms with E-state index in [9.17, 15) is 0 Å². The Morgan fingerprint density at radius 3 is 3.00 bits per heavy atom. The Kier molecular flexibility index (Phi) is 3.50. The first-order valence-corrected chi connectivity index (χ1v) is 7.18. The number of rotatable bonds is 2. The smallest absolute Gasteiger partial charge is 0.158 e. The normalized spacial score (nSPS) is 28.1. The van der Waals surface area contributed by atoms with Crippen LogP contribution in [-0.2, 0) is 15.9 Å². The van der Waals surface area contributed by atoms with Crippen LogP contribution >= 0.6 is 15.9 Å². The second-order valence-electron chi connectivity index (χ2n) is 4.77. The molecule has 92 valence electrons. The molecule has 0 aromatic heterocycles. The van der Waals surface area contributed by atoms with Crippen molar-refractivity contribution in [2.45, 2.75) is 44.5 Å². The van der Waals surface area contributed by atoms with Crippen LogP contribution < -0.4 is 0 Å². The molecule has 1 fully saturated rings. The summed E-state index contributed by atoms with van der Waals surface area (Å²) < 4.78 is 13.0. The average Bonchev–Trinajstić information content (AvgIpc) is 2.76. The third kappa shape index (κ3) is 2.42. The molecule has 1 aliphatic carbocycles. The van der Waals surface area contributed by atoms with E-state index in [-0.39, 0.29) is 12.4 Å². The van der Waals surface area contributed by atoms with E-state index in [0.717, 1.165) is 25.9 Å². The molecule has 3 rings (SSSR count). The molecule has 1 aliphatic heterocycles. The monoisotopic (exact) mass is 296 g/mol. The van der Waals surface area contributed by atoms with E-state index in [0.29, 0.717) is 0 Å². The Labute approximate surface area is 110 Å². The molecule has 1 heterocycles. The van der Waals surface area contributed by atoms with Crippen molar-refractivity contribution in [3.63, 3.8) is 0 Å². The molecular formula is C14H17BrO2. The van der Waals surface area contributed by atoms with Crippen molar-refractivity contribution >= 4 is 15.9 Å². The highest BCUT2D eigenvalue weighted by Gasteiger charge is 2.28. The van der Waals surface area contributed by atoms with E-state index in [1.165, 1.54) is 28.4 Å². The Hall–Kier alpha value is -0.380. The van der Waals surface area contributed by atoms with Crippen molar-refractivity contribution < 1.29 is 9.47 Å². The van der Waals surface area contributed by atoms with Crippen molar-refractivity contribution in [2.24, 2.45) is 0 Å². The van der Waals surface area contributed by atoms with Crippen LogP contribution in [0.2, 0.25) is 0 Å². The molecule has 1 aromatic carbocycles. The fourth-order valence-corrected chi connectivity index (χ4v) is 3.29. The number of hydrogen-bond donors (Lipinski definition) is 0. The van der Waals surface area contributed by atoms with Crippen LogP contribution in [0.4, 0.5) is 0 Å². The number of fused-ring (bicyclic) bond motifs is 1. The van der Waals surface area contributed by atoms with Crippen molar-refractivity contribution in [1.82, 2.24) is 0 Å². The molecule has 0 radical (unpaired) electrons. The summed E-state index contributed by atoms with van der Waals surface area (Å²) in [7, 11) is 0. The first kappa shape index (κ1) is 11.7. The molecule has 2 aliphatic rings. The van der Waals surface area contributed by atoms with Crippen molar-refractivity contribution in [3.05, 3.63) is 33.8 Å². The van der Waals surface area contributed by atoms with Crippen LogP contribution in [0.25, 0.3) is 0 Å². The van der Waals surface area contributed by atoms with E-state index in [4.69, 9.17) is 9.47 Å². The van der Waals surface area contributed by atoms with Gasteiger partial charge in [0.05, 0.1) is 6.10 Å². The van der Waals surface area contributed by atoms with Gasteiger partial charge in [0.2, 0.25) is 0 Å². The largest absolute Gasteiger partial charge is 0.353 e. The van der Waals surface area contributed by atoms with Gasteiger partial charge in [-0.25, -0.2) is 0 Å². The molecule has 0 bridgehead atoms. The van der Waals surface area contributed by atoms with Gasteiger partial charge < -0.3 is 9.47 Å². The summed E-state index contributed by atoms with van der Waals surface area (Å²) in [6.07, 6.45) is 5.87. The zero-order valence-corrected chi connectivity index (χ0v) is 11.4. The lowest BCUT2D eigenvalue weighted by Gasteiger charge is -2.26. The van der Waals surface area contributed by atoms with Crippen LogP contribution in [0.15, 0.2) is 22.7 Å². The first-order valence-electron chi connectivity index (χ1n) is 6.39. The van der Waals surface area contributed by atoms with Gasteiger partial charge in [-0.05, 0) is 49.3 Å². The predicted molar refractivity (Wildman–Crippen MR) is 69.9 cm³/mol. The Bertz CT molecular complexity index is 399. The first-order chi connectivity index (χ1) is 8.34. The number of hydrogen-bond acceptors (Lipinski definition) is 2. The summed E-state index contributed by atoms with van der Waals surface area (Å²) in [6, 6.07) is 6.38. The summed E-state index contributed by atoms with van der Waals surface area (Å²) in [5.74, 6) is 0. The van der Waals surface area contributed by atoms with Gasteiger partial charge in [0.25, 0.3) is 0 Å². The zero-order valence-electron chi connectivity index (χ0n) is 9.82. The maximum Gasteiger partial charge on any atom is 0.158 e. The van der Waals surface area contributed by atoms with E-state index in [2.05, 4.69) is 34.1 Å². The summed E-state index contributed by atoms with van der Waals surface area (Å²) >= 11 is 3.61. The molecule has 3 heteroatoms. The highest BCUT2D eigenvalue weighted by Crippen LogP contribution is 2.39. The van der Waals surface area contributed by atoms with Crippen LogP contribution in [0.1, 0.15) is 42.9 Å². The topological polar surface area (TPSA) is 18.5 Å². The van der Waals surface area contributed by atoms with Gasteiger partial charge in [-0.1, -0.05) is 28.1 Å². The van der Waals surface area contributed by atoms with E-state index >= 15 is 0 Å². The molecule has 1 saturated heterocycles. The summed E-state index contributed by atoms with van der Waals surface area (Å²) in [5, 5.41) is 0. The van der Waals surface area contributed by atoms with Gasteiger partial charge in [-0.2, -0.15) is 0 Å². The highest BCUT2D eigenvalue weighted by molar-refractivity contribution is 9.10. The molecule has 1 aromatic rings. The maximum absolute atomic E-state index is 6.09. The van der Waals surface area contributed by atoms with Crippen LogP contribution in [0, 0.1) is 0 Å². The van der Waals surface area contributed by atoms with E-state index < -0.39 is 0 Å². The quantitative estimate of drug-likeness (QED) is 0.822. The van der Waals surface area contributed by atoms with Gasteiger partial charge in [-0.15, -0.1) is 0 Å². The SMILES string of the molecule is Brc1cccc2c1CCC2OC1CCCCO1. The lowest BCUT2D eigenvalue weighted by molar-refractivity contribution is -0.189. The fourth-order valence-electron chi connectivity index (χ4n) is 2.71. The molecular weight excluding hydrogens is 280 g/mol. The van der Waals surface area contributed by atoms with Crippen molar-refractivity contribution in [2.75, 3.05) is 6.61 Å². The minimum Gasteiger partial charge on any atom is -0.353 e. The van der Waals surface area contributed by atoms with Crippen molar-refractivity contribution in [1.29, 1.82) is 0 Å². The third-order valence-corrected chi connectivity index (χ3v) is 4.36. The molecule has 0 saturated carbocycles. The zero-order chi connectivity index (χ0) is 11.7. The molecule has 0 N–H and O–H groups in total. The third-order valence-electron chi connectivity index (χ3n) is 3.61. The van der Waals surface area contributed by atoms with Crippen molar-refractivity contribution in [3.8, 4) is 0 Å². The second-order valence-corrected chi connectivity index (χ2v) is 5.62. The number of ether oxygens (including phenoxy) is 2. The number of halogens is 1. The average molecular weight is 297 g/mol. The summed E-state index contributed by atoms with van der Waals surface area (Å²) in [4.78, 5) is 0. The second kappa shape index (κ2) is 5.09. The Morgan fingerprint density at radius 1 is 1.24 bits per heavy atom. The molecule has 17 heavy (non-hydrogen) atoms. The molecule has 0 amide bonds. The lowest BCUT2D eigenvalue weighted by atomic mass is 10.1.